The highest BCUT2D eigenvalue weighted by Gasteiger charge is 2.15. The van der Waals surface area contributed by atoms with Crippen LogP contribution in [0.5, 0.6) is 0 Å². The van der Waals surface area contributed by atoms with Crippen LogP contribution in [-0.4, -0.2) is 28.0 Å². The normalized spacial score (nSPS) is 10.2. The van der Waals surface area contributed by atoms with Crippen molar-refractivity contribution in [1.82, 2.24) is 9.78 Å². The number of rotatable bonds is 3. The molecule has 0 spiro atoms. The Bertz CT molecular complexity index is 520. The molecular formula is C12H12N2O3. The molecule has 0 aliphatic carbocycles. The number of aromatic nitrogens is 2. The number of hydrogen-bond donors (Lipinski definition) is 1. The number of carbonyl (C=O) groups is 1. The quantitative estimate of drug-likeness (QED) is 0.810. The molecule has 0 bridgehead atoms. The van der Waals surface area contributed by atoms with Crippen molar-refractivity contribution >= 4 is 5.97 Å². The summed E-state index contributed by atoms with van der Waals surface area (Å²) >= 11 is 0. The number of hydrogen-bond acceptors (Lipinski definition) is 4. The van der Waals surface area contributed by atoms with Crippen molar-refractivity contribution in [3.05, 3.63) is 42.1 Å². The van der Waals surface area contributed by atoms with E-state index in [-0.39, 0.29) is 12.4 Å². The van der Waals surface area contributed by atoms with Crippen LogP contribution in [0.3, 0.4) is 0 Å². The molecule has 17 heavy (non-hydrogen) atoms. The number of aliphatic hydroxyl groups excluding tert-OH is 1. The van der Waals surface area contributed by atoms with Gasteiger partial charge in [-0.15, -0.1) is 0 Å². The van der Waals surface area contributed by atoms with Crippen LogP contribution in [0.1, 0.15) is 10.5 Å². The van der Waals surface area contributed by atoms with Gasteiger partial charge in [0, 0.05) is 5.56 Å². The predicted octanol–water partition coefficient (Wildman–Crippen LogP) is 1.29. The molecule has 0 atom stereocenters. The molecule has 0 saturated heterocycles. The molecule has 1 heterocycles. The topological polar surface area (TPSA) is 64.3 Å². The summed E-state index contributed by atoms with van der Waals surface area (Å²) in [5, 5.41) is 13.2. The van der Waals surface area contributed by atoms with Gasteiger partial charge in [0.25, 0.3) is 0 Å². The molecule has 0 aliphatic rings. The Kier molecular flexibility index (Phi) is 3.20. The van der Waals surface area contributed by atoms with Crippen LogP contribution in [0.25, 0.3) is 11.3 Å². The average Bonchev–Trinajstić information content (AvgIpc) is 2.83. The summed E-state index contributed by atoms with van der Waals surface area (Å²) in [5.74, 6) is -0.520. The second-order valence-electron chi connectivity index (χ2n) is 3.41. The smallest absolute Gasteiger partial charge is 0.356 e. The van der Waals surface area contributed by atoms with Crippen LogP contribution >= 0.6 is 0 Å². The van der Waals surface area contributed by atoms with Gasteiger partial charge in [0.2, 0.25) is 0 Å². The Morgan fingerprint density at radius 3 is 2.71 bits per heavy atom. The van der Waals surface area contributed by atoms with Crippen molar-refractivity contribution < 1.29 is 14.6 Å². The van der Waals surface area contributed by atoms with Crippen molar-refractivity contribution in [2.75, 3.05) is 7.11 Å². The summed E-state index contributed by atoms with van der Waals surface area (Å²) in [6, 6.07) is 11.0. The monoisotopic (exact) mass is 232 g/mol. The number of ether oxygens (including phenoxy) is 1. The summed E-state index contributed by atoms with van der Waals surface area (Å²) in [7, 11) is 1.29. The molecule has 0 unspecified atom stereocenters. The number of esters is 1. The number of methoxy groups -OCH3 is 1. The van der Waals surface area contributed by atoms with Gasteiger partial charge in [0.15, 0.2) is 0 Å². The van der Waals surface area contributed by atoms with Gasteiger partial charge in [-0.25, -0.2) is 9.48 Å². The number of benzene rings is 1. The van der Waals surface area contributed by atoms with Gasteiger partial charge in [-0.3, -0.25) is 0 Å². The number of aliphatic hydroxyl groups is 1. The minimum Gasteiger partial charge on any atom is -0.464 e. The summed E-state index contributed by atoms with van der Waals surface area (Å²) in [6.45, 7) is -0.364. The second kappa shape index (κ2) is 4.80. The van der Waals surface area contributed by atoms with E-state index in [0.717, 1.165) is 5.56 Å². The third-order valence-corrected chi connectivity index (χ3v) is 2.38. The standard InChI is InChI=1S/C12H12N2O3/c1-17-12(16)11-7-10(13-14(11)8-15)9-5-3-2-4-6-9/h2-7,15H,8H2,1H3. The lowest BCUT2D eigenvalue weighted by Gasteiger charge is -2.00. The van der Waals surface area contributed by atoms with Crippen molar-refractivity contribution in [2.24, 2.45) is 0 Å². The molecule has 5 heteroatoms. The number of carbonyl (C=O) groups excluding carboxylic acids is 1. The summed E-state index contributed by atoms with van der Waals surface area (Å²) in [6.07, 6.45) is 0. The van der Waals surface area contributed by atoms with E-state index in [2.05, 4.69) is 9.84 Å². The largest absolute Gasteiger partial charge is 0.464 e. The van der Waals surface area contributed by atoms with Crippen molar-refractivity contribution in [2.45, 2.75) is 6.73 Å². The third-order valence-electron chi connectivity index (χ3n) is 2.38. The fourth-order valence-electron chi connectivity index (χ4n) is 1.54. The zero-order valence-electron chi connectivity index (χ0n) is 9.33. The lowest BCUT2D eigenvalue weighted by atomic mass is 10.1. The third kappa shape index (κ3) is 2.19. The highest BCUT2D eigenvalue weighted by molar-refractivity contribution is 5.88. The fourth-order valence-corrected chi connectivity index (χ4v) is 1.54. The van der Waals surface area contributed by atoms with Crippen LogP contribution in [0, 0.1) is 0 Å². The van der Waals surface area contributed by atoms with E-state index in [1.165, 1.54) is 11.8 Å². The number of nitrogens with zero attached hydrogens (tertiary/aromatic N) is 2. The molecule has 1 aromatic carbocycles. The fraction of sp³-hybridized carbons (Fsp3) is 0.167. The lowest BCUT2D eigenvalue weighted by Crippen LogP contribution is -2.11. The molecule has 2 aromatic rings. The molecule has 88 valence electrons. The first-order valence-electron chi connectivity index (χ1n) is 5.08. The second-order valence-corrected chi connectivity index (χ2v) is 3.41. The molecule has 0 fully saturated rings. The van der Waals surface area contributed by atoms with E-state index in [1.807, 2.05) is 30.3 Å². The Morgan fingerprint density at radius 2 is 2.12 bits per heavy atom. The van der Waals surface area contributed by atoms with E-state index >= 15 is 0 Å². The molecular weight excluding hydrogens is 220 g/mol. The van der Waals surface area contributed by atoms with E-state index < -0.39 is 5.97 Å². The van der Waals surface area contributed by atoms with Crippen LogP contribution in [0.2, 0.25) is 0 Å². The molecule has 0 amide bonds. The first-order chi connectivity index (χ1) is 8.26. The van der Waals surface area contributed by atoms with Crippen LogP contribution in [0.4, 0.5) is 0 Å². The van der Waals surface area contributed by atoms with Gasteiger partial charge in [-0.2, -0.15) is 5.10 Å². The van der Waals surface area contributed by atoms with Gasteiger partial charge < -0.3 is 9.84 Å². The summed E-state index contributed by atoms with van der Waals surface area (Å²) in [5.41, 5.74) is 1.73. The van der Waals surface area contributed by atoms with Gasteiger partial charge >= 0.3 is 5.97 Å². The SMILES string of the molecule is COC(=O)c1cc(-c2ccccc2)nn1CO. The van der Waals surface area contributed by atoms with E-state index in [1.54, 1.807) is 6.07 Å². The summed E-state index contributed by atoms with van der Waals surface area (Å²) in [4.78, 5) is 11.4. The minimum absolute atomic E-state index is 0.230. The zero-order valence-corrected chi connectivity index (χ0v) is 9.33. The van der Waals surface area contributed by atoms with E-state index in [0.29, 0.717) is 5.69 Å². The van der Waals surface area contributed by atoms with E-state index in [9.17, 15) is 4.79 Å². The van der Waals surface area contributed by atoms with Gasteiger partial charge in [-0.1, -0.05) is 30.3 Å². The Balaban J connectivity index is 2.45. The minimum atomic E-state index is -0.520. The maximum absolute atomic E-state index is 11.4. The first-order valence-corrected chi connectivity index (χ1v) is 5.08. The van der Waals surface area contributed by atoms with Crippen LogP contribution < -0.4 is 0 Å². The molecule has 1 N–H and O–H groups in total. The highest BCUT2D eigenvalue weighted by atomic mass is 16.5. The van der Waals surface area contributed by atoms with Crippen molar-refractivity contribution in [1.29, 1.82) is 0 Å². The molecule has 2 rings (SSSR count). The van der Waals surface area contributed by atoms with Crippen molar-refractivity contribution in [3.63, 3.8) is 0 Å². The first kappa shape index (κ1) is 11.3. The van der Waals surface area contributed by atoms with Crippen molar-refractivity contribution in [3.8, 4) is 11.3 Å². The molecule has 5 nitrogen and oxygen atoms in total. The van der Waals surface area contributed by atoms with Crippen LogP contribution in [-0.2, 0) is 11.5 Å². The molecule has 0 radical (unpaired) electrons. The molecule has 0 saturated carbocycles. The zero-order chi connectivity index (χ0) is 12.3. The Morgan fingerprint density at radius 1 is 1.41 bits per heavy atom. The molecule has 0 aliphatic heterocycles. The Labute approximate surface area is 98.3 Å². The lowest BCUT2D eigenvalue weighted by molar-refractivity contribution is 0.0573. The maximum Gasteiger partial charge on any atom is 0.356 e. The van der Waals surface area contributed by atoms with Gasteiger partial charge in [0.1, 0.15) is 12.4 Å². The predicted molar refractivity (Wildman–Crippen MR) is 61.2 cm³/mol. The van der Waals surface area contributed by atoms with E-state index in [4.69, 9.17) is 5.11 Å². The Hall–Kier alpha value is -2.14. The maximum atomic E-state index is 11.4. The average molecular weight is 232 g/mol. The highest BCUT2D eigenvalue weighted by Crippen LogP contribution is 2.19. The van der Waals surface area contributed by atoms with Gasteiger partial charge in [-0.05, 0) is 6.07 Å². The summed E-state index contributed by atoms with van der Waals surface area (Å²) < 4.78 is 5.82. The van der Waals surface area contributed by atoms with Gasteiger partial charge in [0.05, 0.1) is 12.8 Å². The van der Waals surface area contributed by atoms with Crippen LogP contribution in [0.15, 0.2) is 36.4 Å². The molecule has 1 aromatic heterocycles.